The SMILES string of the molecule is O=C(c1cc2ccc(Cl)cc2[nH]1)N1CCN(C(c2ccccc2)c2ccccc2)CC1. The molecule has 3 aromatic carbocycles. The number of aromatic amines is 1. The maximum Gasteiger partial charge on any atom is 0.270 e. The molecule has 1 N–H and O–H groups in total. The maximum absolute atomic E-state index is 13.1. The molecule has 0 atom stereocenters. The summed E-state index contributed by atoms with van der Waals surface area (Å²) in [6.45, 7) is 3.05. The number of rotatable bonds is 4. The molecule has 1 aromatic heterocycles. The number of carbonyl (C=O) groups excluding carboxylic acids is 1. The monoisotopic (exact) mass is 429 g/mol. The zero-order valence-corrected chi connectivity index (χ0v) is 17.9. The highest BCUT2D eigenvalue weighted by atomic mass is 35.5. The van der Waals surface area contributed by atoms with E-state index in [4.69, 9.17) is 11.6 Å². The quantitative estimate of drug-likeness (QED) is 0.473. The smallest absolute Gasteiger partial charge is 0.270 e. The number of hydrogen-bond donors (Lipinski definition) is 1. The zero-order chi connectivity index (χ0) is 21.2. The molecule has 4 aromatic rings. The lowest BCUT2D eigenvalue weighted by molar-refractivity contribution is 0.0592. The topological polar surface area (TPSA) is 39.3 Å². The average molecular weight is 430 g/mol. The van der Waals surface area contributed by atoms with Crippen molar-refractivity contribution >= 4 is 28.4 Å². The highest BCUT2D eigenvalue weighted by Gasteiger charge is 2.29. The van der Waals surface area contributed by atoms with Crippen molar-refractivity contribution in [3.05, 3.63) is 107 Å². The van der Waals surface area contributed by atoms with Crippen molar-refractivity contribution in [1.29, 1.82) is 0 Å². The van der Waals surface area contributed by atoms with Gasteiger partial charge in [-0.15, -0.1) is 0 Å². The molecule has 0 bridgehead atoms. The summed E-state index contributed by atoms with van der Waals surface area (Å²) in [6.07, 6.45) is 0. The number of nitrogens with zero attached hydrogens (tertiary/aromatic N) is 2. The van der Waals surface area contributed by atoms with Gasteiger partial charge in [0.05, 0.1) is 6.04 Å². The van der Waals surface area contributed by atoms with Gasteiger partial charge in [0.1, 0.15) is 5.69 Å². The molecule has 5 heteroatoms. The molecule has 2 heterocycles. The van der Waals surface area contributed by atoms with E-state index in [0.717, 1.165) is 24.0 Å². The first-order valence-electron chi connectivity index (χ1n) is 10.6. The van der Waals surface area contributed by atoms with Crippen molar-refractivity contribution in [3.63, 3.8) is 0 Å². The summed E-state index contributed by atoms with van der Waals surface area (Å²) in [5.74, 6) is 0.0444. The van der Waals surface area contributed by atoms with Gasteiger partial charge in [0, 0.05) is 42.1 Å². The molecule has 1 fully saturated rings. The largest absolute Gasteiger partial charge is 0.350 e. The molecule has 1 saturated heterocycles. The van der Waals surface area contributed by atoms with Gasteiger partial charge in [-0.1, -0.05) is 78.3 Å². The lowest BCUT2D eigenvalue weighted by atomic mass is 9.96. The summed E-state index contributed by atoms with van der Waals surface area (Å²) in [5, 5.41) is 1.66. The van der Waals surface area contributed by atoms with E-state index in [1.807, 2.05) is 29.2 Å². The Labute approximate surface area is 187 Å². The van der Waals surface area contributed by atoms with Crippen LogP contribution in [0.1, 0.15) is 27.7 Å². The molecule has 0 radical (unpaired) electrons. The van der Waals surface area contributed by atoms with Crippen LogP contribution >= 0.6 is 11.6 Å². The molecule has 0 saturated carbocycles. The molecule has 31 heavy (non-hydrogen) atoms. The minimum atomic E-state index is 0.0444. The van der Waals surface area contributed by atoms with Gasteiger partial charge in [0.15, 0.2) is 0 Å². The van der Waals surface area contributed by atoms with Crippen molar-refractivity contribution in [2.24, 2.45) is 0 Å². The molecule has 4 nitrogen and oxygen atoms in total. The standard InChI is InChI=1S/C26H24ClN3O/c27-22-12-11-21-17-24(28-23(21)18-22)26(31)30-15-13-29(14-16-30)25(19-7-3-1-4-8-19)20-9-5-2-6-10-20/h1-12,17-18,25,28H,13-16H2. The Morgan fingerprint density at radius 1 is 0.806 bits per heavy atom. The van der Waals surface area contributed by atoms with Crippen LogP contribution in [0.5, 0.6) is 0 Å². The first-order valence-corrected chi connectivity index (χ1v) is 11.0. The predicted molar refractivity (Wildman–Crippen MR) is 126 cm³/mol. The van der Waals surface area contributed by atoms with Crippen molar-refractivity contribution < 1.29 is 4.79 Å². The summed E-state index contributed by atoms with van der Waals surface area (Å²) in [4.78, 5) is 20.8. The summed E-state index contributed by atoms with van der Waals surface area (Å²) in [5.41, 5.74) is 4.07. The number of amides is 1. The van der Waals surface area contributed by atoms with Crippen LogP contribution in [0.2, 0.25) is 5.02 Å². The molecule has 156 valence electrons. The van der Waals surface area contributed by atoms with E-state index < -0.39 is 0 Å². The van der Waals surface area contributed by atoms with Crippen molar-refractivity contribution in [3.8, 4) is 0 Å². The second-order valence-corrected chi connectivity index (χ2v) is 8.40. The Hall–Kier alpha value is -3.08. The lowest BCUT2D eigenvalue weighted by Crippen LogP contribution is -2.50. The molecule has 0 spiro atoms. The first kappa shape index (κ1) is 19.9. The predicted octanol–water partition coefficient (Wildman–Crippen LogP) is 5.37. The number of H-pyrrole nitrogens is 1. The molecule has 0 unspecified atom stereocenters. The maximum atomic E-state index is 13.1. The third-order valence-corrected chi connectivity index (χ3v) is 6.25. The number of hydrogen-bond acceptors (Lipinski definition) is 2. The minimum absolute atomic E-state index is 0.0444. The Bertz CT molecular complexity index is 1140. The minimum Gasteiger partial charge on any atom is -0.350 e. The van der Waals surface area contributed by atoms with Gasteiger partial charge in [-0.2, -0.15) is 0 Å². The number of carbonyl (C=O) groups is 1. The number of halogens is 1. The highest BCUT2D eigenvalue weighted by Crippen LogP contribution is 2.30. The number of benzene rings is 3. The lowest BCUT2D eigenvalue weighted by Gasteiger charge is -2.39. The third kappa shape index (κ3) is 4.09. The Morgan fingerprint density at radius 2 is 1.42 bits per heavy atom. The average Bonchev–Trinajstić information content (AvgIpc) is 3.24. The van der Waals surface area contributed by atoms with Crippen LogP contribution in [0, 0.1) is 0 Å². The Kier molecular flexibility index (Phi) is 5.49. The van der Waals surface area contributed by atoms with Gasteiger partial charge in [-0.05, 0) is 29.3 Å². The molecule has 1 aliphatic heterocycles. The van der Waals surface area contributed by atoms with Gasteiger partial charge in [-0.25, -0.2) is 0 Å². The van der Waals surface area contributed by atoms with Crippen molar-refractivity contribution in [1.82, 2.24) is 14.8 Å². The van der Waals surface area contributed by atoms with Crippen molar-refractivity contribution in [2.45, 2.75) is 6.04 Å². The summed E-state index contributed by atoms with van der Waals surface area (Å²) in [6, 6.07) is 28.9. The molecule has 5 rings (SSSR count). The van der Waals surface area contributed by atoms with Crippen LogP contribution in [0.4, 0.5) is 0 Å². The molecule has 0 aliphatic carbocycles. The van der Waals surface area contributed by atoms with Crippen LogP contribution in [0.25, 0.3) is 10.9 Å². The molecular weight excluding hydrogens is 406 g/mol. The normalized spacial score (nSPS) is 15.0. The third-order valence-electron chi connectivity index (χ3n) is 6.01. The van der Waals surface area contributed by atoms with Crippen LogP contribution in [-0.4, -0.2) is 46.9 Å². The van der Waals surface area contributed by atoms with E-state index >= 15 is 0 Å². The van der Waals surface area contributed by atoms with Crippen LogP contribution < -0.4 is 0 Å². The fourth-order valence-electron chi connectivity index (χ4n) is 4.45. The number of nitrogens with one attached hydrogen (secondary N) is 1. The summed E-state index contributed by atoms with van der Waals surface area (Å²) < 4.78 is 0. The van der Waals surface area contributed by atoms with E-state index in [-0.39, 0.29) is 11.9 Å². The van der Waals surface area contributed by atoms with Crippen LogP contribution in [0.15, 0.2) is 84.9 Å². The van der Waals surface area contributed by atoms with Gasteiger partial charge in [-0.3, -0.25) is 9.69 Å². The molecule has 1 amide bonds. The fourth-order valence-corrected chi connectivity index (χ4v) is 4.62. The van der Waals surface area contributed by atoms with E-state index in [0.29, 0.717) is 23.8 Å². The van der Waals surface area contributed by atoms with E-state index in [1.54, 1.807) is 0 Å². The Morgan fingerprint density at radius 3 is 2.03 bits per heavy atom. The second kappa shape index (κ2) is 8.58. The number of aromatic nitrogens is 1. The molecular formula is C26H24ClN3O. The van der Waals surface area contributed by atoms with Gasteiger partial charge in [0.2, 0.25) is 0 Å². The van der Waals surface area contributed by atoms with Gasteiger partial charge >= 0.3 is 0 Å². The Balaban J connectivity index is 1.34. The fraction of sp³-hybridized carbons (Fsp3) is 0.192. The number of fused-ring (bicyclic) bond motifs is 1. The van der Waals surface area contributed by atoms with E-state index in [1.165, 1.54) is 11.1 Å². The van der Waals surface area contributed by atoms with E-state index in [2.05, 4.69) is 70.5 Å². The second-order valence-electron chi connectivity index (χ2n) is 7.97. The highest BCUT2D eigenvalue weighted by molar-refractivity contribution is 6.31. The van der Waals surface area contributed by atoms with Gasteiger partial charge in [0.25, 0.3) is 5.91 Å². The van der Waals surface area contributed by atoms with E-state index in [9.17, 15) is 4.79 Å². The summed E-state index contributed by atoms with van der Waals surface area (Å²) >= 11 is 6.08. The number of piperazine rings is 1. The zero-order valence-electron chi connectivity index (χ0n) is 17.2. The van der Waals surface area contributed by atoms with Crippen molar-refractivity contribution in [2.75, 3.05) is 26.2 Å². The molecule has 1 aliphatic rings. The van der Waals surface area contributed by atoms with Crippen LogP contribution in [-0.2, 0) is 0 Å². The first-order chi connectivity index (χ1) is 15.2. The van der Waals surface area contributed by atoms with Crippen LogP contribution in [0.3, 0.4) is 0 Å². The van der Waals surface area contributed by atoms with Gasteiger partial charge < -0.3 is 9.88 Å². The summed E-state index contributed by atoms with van der Waals surface area (Å²) in [7, 11) is 0.